The van der Waals surface area contributed by atoms with Gasteiger partial charge in [-0.25, -0.2) is 8.42 Å². The van der Waals surface area contributed by atoms with E-state index in [1.165, 1.54) is 31.3 Å². The van der Waals surface area contributed by atoms with Crippen molar-refractivity contribution in [1.82, 2.24) is 4.98 Å². The SMILES string of the molecule is CCS(=O)(=O)c1cc(Br)cnc1C=Cc1ccc(C(F)(F)F)cc1O. The number of benzene rings is 1. The molecule has 0 amide bonds. The van der Waals surface area contributed by atoms with Gasteiger partial charge in [0.25, 0.3) is 0 Å². The molecule has 0 aliphatic rings. The predicted octanol–water partition coefficient (Wildman–Crippen LogP) is 4.53. The molecule has 9 heteroatoms. The van der Waals surface area contributed by atoms with E-state index < -0.39 is 27.3 Å². The molecule has 2 aromatic rings. The molecule has 0 fully saturated rings. The Hall–Kier alpha value is -1.87. The van der Waals surface area contributed by atoms with Crippen LogP contribution in [0.3, 0.4) is 0 Å². The summed E-state index contributed by atoms with van der Waals surface area (Å²) in [5.41, 5.74) is -0.736. The summed E-state index contributed by atoms with van der Waals surface area (Å²) in [6.07, 6.45) is -0.520. The molecule has 1 aromatic heterocycles. The van der Waals surface area contributed by atoms with Crippen LogP contribution in [-0.4, -0.2) is 24.3 Å². The fourth-order valence-corrected chi connectivity index (χ4v) is 3.53. The first-order chi connectivity index (χ1) is 11.5. The van der Waals surface area contributed by atoms with Crippen LogP contribution in [-0.2, 0) is 16.0 Å². The topological polar surface area (TPSA) is 67.3 Å². The largest absolute Gasteiger partial charge is 0.507 e. The van der Waals surface area contributed by atoms with Crippen LogP contribution in [0.15, 0.2) is 39.8 Å². The number of rotatable bonds is 4. The third kappa shape index (κ3) is 4.60. The van der Waals surface area contributed by atoms with Gasteiger partial charge < -0.3 is 5.11 Å². The Labute approximate surface area is 151 Å². The number of pyridine rings is 1. The summed E-state index contributed by atoms with van der Waals surface area (Å²) in [4.78, 5) is 4.01. The monoisotopic (exact) mass is 435 g/mol. The molecule has 1 heterocycles. The first-order valence-corrected chi connectivity index (χ1v) is 9.45. The first kappa shape index (κ1) is 19.5. The molecule has 0 saturated carbocycles. The zero-order valence-corrected chi connectivity index (χ0v) is 15.3. The van der Waals surface area contributed by atoms with Gasteiger partial charge in [-0.05, 0) is 46.3 Å². The molecule has 0 saturated heterocycles. The van der Waals surface area contributed by atoms with Gasteiger partial charge in [0.2, 0.25) is 0 Å². The molecule has 25 heavy (non-hydrogen) atoms. The molecule has 2 rings (SSSR count). The number of aromatic nitrogens is 1. The minimum Gasteiger partial charge on any atom is -0.507 e. The summed E-state index contributed by atoms with van der Waals surface area (Å²) in [5.74, 6) is -0.694. The van der Waals surface area contributed by atoms with Crippen LogP contribution in [0.1, 0.15) is 23.7 Å². The number of phenolic OH excluding ortho intramolecular Hbond substituents is 1. The fourth-order valence-electron chi connectivity index (χ4n) is 1.99. The van der Waals surface area contributed by atoms with Gasteiger partial charge in [0.05, 0.1) is 21.9 Å². The highest BCUT2D eigenvalue weighted by Crippen LogP contribution is 2.33. The number of phenols is 1. The second kappa shape index (κ2) is 7.17. The van der Waals surface area contributed by atoms with Gasteiger partial charge in [0.1, 0.15) is 5.75 Å². The Morgan fingerprint density at radius 1 is 1.24 bits per heavy atom. The Morgan fingerprint density at radius 2 is 1.92 bits per heavy atom. The molecule has 1 aromatic carbocycles. The van der Waals surface area contributed by atoms with E-state index >= 15 is 0 Å². The van der Waals surface area contributed by atoms with E-state index in [1.54, 1.807) is 0 Å². The molecule has 0 bridgehead atoms. The van der Waals surface area contributed by atoms with Gasteiger partial charge in [-0.15, -0.1) is 0 Å². The van der Waals surface area contributed by atoms with Crippen molar-refractivity contribution in [3.63, 3.8) is 0 Å². The van der Waals surface area contributed by atoms with Crippen molar-refractivity contribution >= 4 is 37.9 Å². The van der Waals surface area contributed by atoms with Crippen molar-refractivity contribution in [3.8, 4) is 5.75 Å². The fraction of sp³-hybridized carbons (Fsp3) is 0.188. The Morgan fingerprint density at radius 3 is 2.48 bits per heavy atom. The van der Waals surface area contributed by atoms with Crippen LogP contribution in [0.4, 0.5) is 13.2 Å². The first-order valence-electron chi connectivity index (χ1n) is 7.01. The quantitative estimate of drug-likeness (QED) is 0.765. The Kier molecular flexibility index (Phi) is 5.58. The second-order valence-corrected chi connectivity index (χ2v) is 8.21. The van der Waals surface area contributed by atoms with E-state index in [0.29, 0.717) is 10.5 Å². The normalized spacial score (nSPS) is 12.7. The van der Waals surface area contributed by atoms with Crippen molar-refractivity contribution in [3.05, 3.63) is 51.8 Å². The number of hydrogen-bond donors (Lipinski definition) is 1. The van der Waals surface area contributed by atoms with E-state index in [9.17, 15) is 26.7 Å². The highest BCUT2D eigenvalue weighted by atomic mass is 79.9. The maximum absolute atomic E-state index is 12.6. The van der Waals surface area contributed by atoms with E-state index in [1.807, 2.05) is 0 Å². The van der Waals surface area contributed by atoms with Crippen LogP contribution in [0.2, 0.25) is 0 Å². The molecule has 4 nitrogen and oxygen atoms in total. The highest BCUT2D eigenvalue weighted by molar-refractivity contribution is 9.10. The van der Waals surface area contributed by atoms with Crippen LogP contribution in [0.5, 0.6) is 5.75 Å². The summed E-state index contributed by atoms with van der Waals surface area (Å²) in [5, 5.41) is 9.75. The van der Waals surface area contributed by atoms with Gasteiger partial charge in [0.15, 0.2) is 9.84 Å². The summed E-state index contributed by atoms with van der Waals surface area (Å²) in [6, 6.07) is 3.94. The molecule has 1 N–H and O–H groups in total. The summed E-state index contributed by atoms with van der Waals surface area (Å²) in [6.45, 7) is 1.49. The average Bonchev–Trinajstić information content (AvgIpc) is 2.53. The zero-order chi connectivity index (χ0) is 18.8. The lowest BCUT2D eigenvalue weighted by Crippen LogP contribution is -2.07. The van der Waals surface area contributed by atoms with E-state index in [4.69, 9.17) is 0 Å². The van der Waals surface area contributed by atoms with Crippen LogP contribution < -0.4 is 0 Å². The van der Waals surface area contributed by atoms with Gasteiger partial charge in [-0.3, -0.25) is 4.98 Å². The van der Waals surface area contributed by atoms with Gasteiger partial charge in [-0.1, -0.05) is 13.0 Å². The molecule has 0 unspecified atom stereocenters. The third-order valence-electron chi connectivity index (χ3n) is 3.34. The van der Waals surface area contributed by atoms with Crippen LogP contribution >= 0.6 is 15.9 Å². The summed E-state index contributed by atoms with van der Waals surface area (Å²) < 4.78 is 62.6. The van der Waals surface area contributed by atoms with Crippen LogP contribution in [0, 0.1) is 0 Å². The van der Waals surface area contributed by atoms with Gasteiger partial charge in [0, 0.05) is 16.2 Å². The number of nitrogens with zero attached hydrogens (tertiary/aromatic N) is 1. The maximum atomic E-state index is 12.6. The smallest absolute Gasteiger partial charge is 0.416 e. The van der Waals surface area contributed by atoms with Crippen molar-refractivity contribution in [2.45, 2.75) is 18.0 Å². The summed E-state index contributed by atoms with van der Waals surface area (Å²) >= 11 is 3.15. The van der Waals surface area contributed by atoms with Gasteiger partial charge >= 0.3 is 6.18 Å². The van der Waals surface area contributed by atoms with Crippen molar-refractivity contribution in [2.75, 3.05) is 5.75 Å². The van der Waals surface area contributed by atoms with Gasteiger partial charge in [-0.2, -0.15) is 13.2 Å². The third-order valence-corrected chi connectivity index (χ3v) is 5.53. The highest BCUT2D eigenvalue weighted by Gasteiger charge is 2.30. The minimum absolute atomic E-state index is 0.00738. The number of aromatic hydroxyl groups is 1. The molecule has 0 atom stereocenters. The molecular weight excluding hydrogens is 423 g/mol. The molecule has 0 aliphatic carbocycles. The standard InChI is InChI=1S/C16H13BrF3NO3S/c1-2-25(23,24)15-8-12(17)9-21-13(15)6-4-10-3-5-11(7-14(10)22)16(18,19)20/h3-9,22H,2H2,1H3. The maximum Gasteiger partial charge on any atom is 0.416 e. The number of sulfone groups is 1. The molecule has 0 spiro atoms. The van der Waals surface area contributed by atoms with E-state index in [2.05, 4.69) is 20.9 Å². The second-order valence-electron chi connectivity index (χ2n) is 5.05. The lowest BCUT2D eigenvalue weighted by molar-refractivity contribution is -0.137. The Bertz CT molecular complexity index is 925. The molecule has 0 radical (unpaired) electrons. The number of halogens is 4. The number of alkyl halides is 3. The Balaban J connectivity index is 2.44. The lowest BCUT2D eigenvalue weighted by atomic mass is 10.1. The predicted molar refractivity (Wildman–Crippen MR) is 91.7 cm³/mol. The molecular formula is C16H13BrF3NO3S. The van der Waals surface area contributed by atoms with Crippen molar-refractivity contribution in [1.29, 1.82) is 0 Å². The van der Waals surface area contributed by atoms with E-state index in [0.717, 1.165) is 12.1 Å². The zero-order valence-electron chi connectivity index (χ0n) is 12.9. The lowest BCUT2D eigenvalue weighted by Gasteiger charge is -2.08. The average molecular weight is 436 g/mol. The van der Waals surface area contributed by atoms with Crippen LogP contribution in [0.25, 0.3) is 12.2 Å². The van der Waals surface area contributed by atoms with E-state index in [-0.39, 0.29) is 21.9 Å². The summed E-state index contributed by atoms with van der Waals surface area (Å²) in [7, 11) is -3.55. The molecule has 134 valence electrons. The van der Waals surface area contributed by atoms with Crippen molar-refractivity contribution in [2.24, 2.45) is 0 Å². The molecule has 0 aliphatic heterocycles. The minimum atomic E-state index is -4.56. The number of hydrogen-bond acceptors (Lipinski definition) is 4. The van der Waals surface area contributed by atoms with Crippen molar-refractivity contribution < 1.29 is 26.7 Å².